The van der Waals surface area contributed by atoms with Gasteiger partial charge in [-0.1, -0.05) is 0 Å². The van der Waals surface area contributed by atoms with E-state index in [0.29, 0.717) is 50.7 Å². The van der Waals surface area contributed by atoms with Crippen LogP contribution in [0.5, 0.6) is 0 Å². The molecule has 4 aromatic heterocycles. The Hall–Kier alpha value is -3.18. The summed E-state index contributed by atoms with van der Waals surface area (Å²) >= 11 is 1.61. The van der Waals surface area contributed by atoms with Crippen LogP contribution in [-0.2, 0) is 18.3 Å². The Morgan fingerprint density at radius 3 is 2.87 bits per heavy atom. The van der Waals surface area contributed by atoms with Crippen LogP contribution in [0, 0.1) is 0 Å². The number of rotatable bonds is 4. The van der Waals surface area contributed by atoms with E-state index in [1.54, 1.807) is 22.4 Å². The van der Waals surface area contributed by atoms with Gasteiger partial charge in [-0.3, -0.25) is 5.10 Å². The van der Waals surface area contributed by atoms with Gasteiger partial charge in [0.1, 0.15) is 17.0 Å². The largest absolute Gasteiger partial charge is 0.382 e. The topological polar surface area (TPSA) is 118 Å². The third-order valence-electron chi connectivity index (χ3n) is 5.62. The number of urea groups is 1. The number of hydrogen-bond acceptors (Lipinski definition) is 7. The third kappa shape index (κ3) is 3.39. The van der Waals surface area contributed by atoms with Gasteiger partial charge in [-0.25, -0.2) is 14.8 Å². The van der Waals surface area contributed by atoms with Crippen LogP contribution in [0.25, 0.3) is 31.8 Å². The predicted molar refractivity (Wildman–Crippen MR) is 120 cm³/mol. The molecule has 1 aliphatic rings. The number of nitrogen functional groups attached to an aromatic ring is 1. The van der Waals surface area contributed by atoms with Crippen LogP contribution >= 0.6 is 11.3 Å². The van der Waals surface area contributed by atoms with Gasteiger partial charge in [-0.15, -0.1) is 11.3 Å². The molecule has 10 nitrogen and oxygen atoms in total. The van der Waals surface area contributed by atoms with Crippen LogP contribution in [-0.4, -0.2) is 73.4 Å². The second-order valence-electron chi connectivity index (χ2n) is 7.46. The number of hydrogen-bond donors (Lipinski definition) is 2. The van der Waals surface area contributed by atoms with Gasteiger partial charge in [0.05, 0.1) is 40.4 Å². The van der Waals surface area contributed by atoms with E-state index in [9.17, 15) is 4.79 Å². The van der Waals surface area contributed by atoms with Crippen LogP contribution in [0.3, 0.4) is 0 Å². The number of ether oxygens (including phenoxy) is 1. The van der Waals surface area contributed by atoms with Gasteiger partial charge >= 0.3 is 6.03 Å². The predicted octanol–water partition coefficient (Wildman–Crippen LogP) is 2.43. The number of nitrogens with zero attached hydrogens (tertiary/aromatic N) is 6. The average molecular weight is 441 g/mol. The highest BCUT2D eigenvalue weighted by Gasteiger charge is 2.25. The SMILES string of the molecule is CCN(Cc1nc2c(N)nc3cc(-c4cc[nH]n4)sc3c2n1C)C(=O)N1CCOCC1. The average Bonchev–Trinajstić information content (AvgIpc) is 3.52. The number of amides is 2. The minimum absolute atomic E-state index is 0.00559. The Morgan fingerprint density at radius 1 is 1.35 bits per heavy atom. The standard InChI is InChI=1S/C20H24N8O2S/c1-3-27(20(29)28-6-8-30-9-7-28)11-15-24-16-17(26(15)2)18-13(23-19(16)21)10-14(31-18)12-4-5-22-25-12/h4-5,10H,3,6-9,11H2,1-2H3,(H2,21,23)(H,22,25). The molecular weight excluding hydrogens is 416 g/mol. The first-order chi connectivity index (χ1) is 15.1. The number of anilines is 1. The number of imidazole rings is 1. The molecule has 5 rings (SSSR count). The van der Waals surface area contributed by atoms with Gasteiger partial charge in [0, 0.05) is 32.9 Å². The minimum Gasteiger partial charge on any atom is -0.382 e. The van der Waals surface area contributed by atoms with Gasteiger partial charge in [0.15, 0.2) is 5.82 Å². The molecule has 11 heteroatoms. The molecule has 162 valence electrons. The molecule has 0 radical (unpaired) electrons. The molecule has 0 atom stereocenters. The fourth-order valence-electron chi connectivity index (χ4n) is 3.91. The fraction of sp³-hybridized carbons (Fsp3) is 0.400. The van der Waals surface area contributed by atoms with E-state index < -0.39 is 0 Å². The van der Waals surface area contributed by atoms with Crippen LogP contribution in [0.1, 0.15) is 12.7 Å². The van der Waals surface area contributed by atoms with E-state index in [4.69, 9.17) is 15.5 Å². The molecule has 3 N–H and O–H groups in total. The molecule has 0 bridgehead atoms. The molecule has 4 aromatic rings. The molecule has 0 unspecified atom stereocenters. The van der Waals surface area contributed by atoms with E-state index in [0.717, 1.165) is 32.1 Å². The van der Waals surface area contributed by atoms with E-state index >= 15 is 0 Å². The fourth-order valence-corrected chi connectivity index (χ4v) is 5.05. The normalized spacial score (nSPS) is 14.6. The molecule has 1 saturated heterocycles. The first kappa shape index (κ1) is 19.8. The van der Waals surface area contributed by atoms with Gasteiger partial charge in [-0.05, 0) is 19.1 Å². The lowest BCUT2D eigenvalue weighted by atomic mass is 10.3. The molecule has 1 aliphatic heterocycles. The van der Waals surface area contributed by atoms with Crippen molar-refractivity contribution in [3.63, 3.8) is 0 Å². The number of pyridine rings is 1. The number of fused-ring (bicyclic) bond motifs is 3. The van der Waals surface area contributed by atoms with Gasteiger partial charge in [0.25, 0.3) is 0 Å². The van der Waals surface area contributed by atoms with Crippen molar-refractivity contribution in [1.29, 1.82) is 0 Å². The molecule has 31 heavy (non-hydrogen) atoms. The summed E-state index contributed by atoms with van der Waals surface area (Å²) in [6, 6.07) is 3.93. The van der Waals surface area contributed by atoms with E-state index in [1.165, 1.54) is 0 Å². The lowest BCUT2D eigenvalue weighted by Gasteiger charge is -2.32. The van der Waals surface area contributed by atoms with E-state index in [2.05, 4.69) is 15.2 Å². The summed E-state index contributed by atoms with van der Waals surface area (Å²) in [5.74, 6) is 1.16. The van der Waals surface area contributed by atoms with Crippen LogP contribution in [0.4, 0.5) is 10.6 Å². The van der Waals surface area contributed by atoms with Crippen LogP contribution in [0.2, 0.25) is 0 Å². The van der Waals surface area contributed by atoms with Crippen molar-refractivity contribution in [2.24, 2.45) is 7.05 Å². The number of H-pyrrole nitrogens is 1. The Morgan fingerprint density at radius 2 is 2.16 bits per heavy atom. The zero-order valence-electron chi connectivity index (χ0n) is 17.5. The van der Waals surface area contributed by atoms with Crippen molar-refractivity contribution in [3.8, 4) is 10.6 Å². The Bertz CT molecular complexity index is 1240. The number of aromatic amines is 1. The minimum atomic E-state index is 0.00559. The number of thiophene rings is 1. The Balaban J connectivity index is 1.53. The number of carbonyl (C=O) groups is 1. The highest BCUT2D eigenvalue weighted by atomic mass is 32.1. The summed E-state index contributed by atoms with van der Waals surface area (Å²) < 4.78 is 8.40. The molecule has 2 amide bonds. The smallest absolute Gasteiger partial charge is 0.320 e. The first-order valence-corrected chi connectivity index (χ1v) is 11.0. The maximum atomic E-state index is 13.0. The summed E-state index contributed by atoms with van der Waals surface area (Å²) in [5, 5.41) is 7.12. The lowest BCUT2D eigenvalue weighted by molar-refractivity contribution is 0.0428. The number of nitrogens with one attached hydrogen (secondary N) is 1. The lowest BCUT2D eigenvalue weighted by Crippen LogP contribution is -2.48. The van der Waals surface area contributed by atoms with Crippen LogP contribution < -0.4 is 5.73 Å². The third-order valence-corrected chi connectivity index (χ3v) is 6.77. The molecule has 0 aliphatic carbocycles. The number of nitrogens with two attached hydrogens (primary N) is 1. The second-order valence-corrected chi connectivity index (χ2v) is 8.51. The highest BCUT2D eigenvalue weighted by Crippen LogP contribution is 2.37. The number of carbonyl (C=O) groups excluding carboxylic acids is 1. The van der Waals surface area contributed by atoms with Crippen molar-refractivity contribution in [1.82, 2.24) is 34.5 Å². The zero-order chi connectivity index (χ0) is 21.5. The van der Waals surface area contributed by atoms with Gasteiger partial charge < -0.3 is 24.8 Å². The molecule has 0 aromatic carbocycles. The van der Waals surface area contributed by atoms with E-state index in [1.807, 2.05) is 35.6 Å². The Labute approximate surface area is 182 Å². The molecule has 1 fully saturated rings. The number of aryl methyl sites for hydroxylation is 1. The Kier molecular flexibility index (Phi) is 4.98. The summed E-state index contributed by atoms with van der Waals surface area (Å²) in [6.07, 6.45) is 1.80. The highest BCUT2D eigenvalue weighted by molar-refractivity contribution is 7.23. The van der Waals surface area contributed by atoms with E-state index in [-0.39, 0.29) is 6.03 Å². The van der Waals surface area contributed by atoms with Gasteiger partial charge in [-0.2, -0.15) is 5.10 Å². The quantitative estimate of drug-likeness (QED) is 0.503. The molecular formula is C20H24N8O2S. The van der Waals surface area contributed by atoms with Crippen molar-refractivity contribution < 1.29 is 9.53 Å². The van der Waals surface area contributed by atoms with Crippen molar-refractivity contribution in [2.75, 3.05) is 38.6 Å². The monoisotopic (exact) mass is 440 g/mol. The van der Waals surface area contributed by atoms with Crippen molar-refractivity contribution >= 4 is 44.4 Å². The maximum absolute atomic E-state index is 13.0. The summed E-state index contributed by atoms with van der Waals surface area (Å²) in [7, 11) is 1.96. The molecule has 0 spiro atoms. The van der Waals surface area contributed by atoms with Crippen molar-refractivity contribution in [2.45, 2.75) is 13.5 Å². The second kappa shape index (κ2) is 7.82. The number of aromatic nitrogens is 5. The van der Waals surface area contributed by atoms with Crippen molar-refractivity contribution in [3.05, 3.63) is 24.2 Å². The number of morpholine rings is 1. The first-order valence-electron chi connectivity index (χ1n) is 10.2. The van der Waals surface area contributed by atoms with Crippen LogP contribution in [0.15, 0.2) is 18.3 Å². The summed E-state index contributed by atoms with van der Waals surface area (Å²) in [6.45, 7) is 5.34. The molecule has 0 saturated carbocycles. The van der Waals surface area contributed by atoms with Gasteiger partial charge in [0.2, 0.25) is 0 Å². The molecule has 5 heterocycles. The summed E-state index contributed by atoms with van der Waals surface area (Å²) in [5.41, 5.74) is 9.54. The summed E-state index contributed by atoms with van der Waals surface area (Å²) in [4.78, 5) is 27.0. The maximum Gasteiger partial charge on any atom is 0.320 e. The zero-order valence-corrected chi connectivity index (χ0v) is 18.3.